The van der Waals surface area contributed by atoms with E-state index in [1.54, 1.807) is 0 Å². The van der Waals surface area contributed by atoms with E-state index in [9.17, 15) is 0 Å². The lowest BCUT2D eigenvalue weighted by Crippen LogP contribution is -2.06. The third-order valence-corrected chi connectivity index (χ3v) is 2.50. The molecule has 2 aromatic rings. The van der Waals surface area contributed by atoms with Gasteiger partial charge in [-0.1, -0.05) is 12.1 Å². The third kappa shape index (κ3) is 2.63. The third-order valence-electron chi connectivity index (χ3n) is 2.50. The minimum atomic E-state index is 0.661. The van der Waals surface area contributed by atoms with E-state index in [0.717, 1.165) is 18.0 Å². The van der Waals surface area contributed by atoms with E-state index >= 15 is 0 Å². The predicted octanol–water partition coefficient (Wildman–Crippen LogP) is 2.35. The van der Waals surface area contributed by atoms with Crippen LogP contribution in [-0.2, 0) is 13.5 Å². The molecule has 0 atom stereocenters. The van der Waals surface area contributed by atoms with Crippen molar-refractivity contribution in [3.8, 4) is 5.75 Å². The van der Waals surface area contributed by atoms with Crippen LogP contribution in [0.4, 0.5) is 0 Å². The number of benzene rings is 1. The number of aryl methyl sites for hydroxylation is 2. The van der Waals surface area contributed by atoms with Crippen molar-refractivity contribution in [2.75, 3.05) is 6.61 Å². The summed E-state index contributed by atoms with van der Waals surface area (Å²) in [7, 11) is 2.00. The highest BCUT2D eigenvalue weighted by Gasteiger charge is 1.99. The molecule has 0 amide bonds. The second-order valence-electron chi connectivity index (χ2n) is 3.87. The molecule has 0 unspecified atom stereocenters. The lowest BCUT2D eigenvalue weighted by molar-refractivity contribution is 0.317. The highest BCUT2D eigenvalue weighted by Crippen LogP contribution is 2.12. The van der Waals surface area contributed by atoms with Crippen molar-refractivity contribution in [1.82, 2.24) is 9.55 Å². The van der Waals surface area contributed by atoms with Crippen LogP contribution in [0.1, 0.15) is 11.4 Å². The van der Waals surface area contributed by atoms with Crippen LogP contribution in [0.15, 0.2) is 36.7 Å². The van der Waals surface area contributed by atoms with E-state index in [4.69, 9.17) is 4.74 Å². The molecule has 0 saturated heterocycles. The fraction of sp³-hybridized carbons (Fsp3) is 0.308. The van der Waals surface area contributed by atoms with Gasteiger partial charge in [-0.05, 0) is 24.6 Å². The van der Waals surface area contributed by atoms with Crippen molar-refractivity contribution in [3.05, 3.63) is 48.0 Å². The Hall–Kier alpha value is -1.77. The van der Waals surface area contributed by atoms with E-state index in [-0.39, 0.29) is 0 Å². The Kier molecular flexibility index (Phi) is 3.25. The molecule has 3 heteroatoms. The summed E-state index contributed by atoms with van der Waals surface area (Å²) in [6.45, 7) is 2.72. The number of nitrogens with zero attached hydrogens (tertiary/aromatic N) is 2. The molecule has 84 valence electrons. The highest BCUT2D eigenvalue weighted by atomic mass is 16.5. The number of aromatic nitrogens is 2. The molecule has 16 heavy (non-hydrogen) atoms. The molecule has 3 nitrogen and oxygen atoms in total. The molecule has 1 aromatic carbocycles. The van der Waals surface area contributed by atoms with Gasteiger partial charge in [0.2, 0.25) is 0 Å². The fourth-order valence-electron chi connectivity index (χ4n) is 1.60. The number of hydrogen-bond acceptors (Lipinski definition) is 2. The normalized spacial score (nSPS) is 10.4. The number of imidazole rings is 1. The Labute approximate surface area is 95.7 Å². The van der Waals surface area contributed by atoms with Crippen molar-refractivity contribution in [2.45, 2.75) is 13.3 Å². The van der Waals surface area contributed by atoms with E-state index in [0.29, 0.717) is 6.61 Å². The van der Waals surface area contributed by atoms with Crippen LogP contribution in [0, 0.1) is 6.92 Å². The first-order chi connectivity index (χ1) is 7.75. The first-order valence-electron chi connectivity index (χ1n) is 5.41. The Morgan fingerprint density at radius 3 is 2.94 bits per heavy atom. The maximum atomic E-state index is 5.66. The standard InChI is InChI=1S/C13H16N2O/c1-11-4-3-5-12(10-11)16-9-6-13-14-7-8-15(13)2/h3-5,7-8,10H,6,9H2,1-2H3. The zero-order valence-corrected chi connectivity index (χ0v) is 9.68. The molecule has 0 N–H and O–H groups in total. The first-order valence-corrected chi connectivity index (χ1v) is 5.41. The van der Waals surface area contributed by atoms with E-state index < -0.39 is 0 Å². The van der Waals surface area contributed by atoms with Gasteiger partial charge >= 0.3 is 0 Å². The Morgan fingerprint density at radius 1 is 1.38 bits per heavy atom. The molecule has 0 aliphatic rings. The van der Waals surface area contributed by atoms with Crippen LogP contribution in [-0.4, -0.2) is 16.2 Å². The quantitative estimate of drug-likeness (QED) is 0.784. The minimum Gasteiger partial charge on any atom is -0.493 e. The molecule has 1 aromatic heterocycles. The van der Waals surface area contributed by atoms with Crippen LogP contribution in [0.25, 0.3) is 0 Å². The highest BCUT2D eigenvalue weighted by molar-refractivity contribution is 5.27. The van der Waals surface area contributed by atoms with Crippen molar-refractivity contribution in [1.29, 1.82) is 0 Å². The number of ether oxygens (including phenoxy) is 1. The largest absolute Gasteiger partial charge is 0.493 e. The van der Waals surface area contributed by atoms with Crippen molar-refractivity contribution in [2.24, 2.45) is 7.05 Å². The number of hydrogen-bond donors (Lipinski definition) is 0. The summed E-state index contributed by atoms with van der Waals surface area (Å²) in [6, 6.07) is 8.08. The van der Waals surface area contributed by atoms with Crippen LogP contribution >= 0.6 is 0 Å². The van der Waals surface area contributed by atoms with Crippen LogP contribution in [0.2, 0.25) is 0 Å². The molecule has 0 spiro atoms. The molecule has 2 rings (SSSR count). The fourth-order valence-corrected chi connectivity index (χ4v) is 1.60. The molecule has 0 bridgehead atoms. The molecular weight excluding hydrogens is 200 g/mol. The number of rotatable bonds is 4. The van der Waals surface area contributed by atoms with Gasteiger partial charge in [-0.15, -0.1) is 0 Å². The lowest BCUT2D eigenvalue weighted by atomic mass is 10.2. The van der Waals surface area contributed by atoms with Crippen molar-refractivity contribution in [3.63, 3.8) is 0 Å². The maximum Gasteiger partial charge on any atom is 0.119 e. The van der Waals surface area contributed by atoms with Crippen molar-refractivity contribution >= 4 is 0 Å². The van der Waals surface area contributed by atoms with Gasteiger partial charge in [-0.2, -0.15) is 0 Å². The summed E-state index contributed by atoms with van der Waals surface area (Å²) in [5.74, 6) is 1.97. The molecule has 0 aliphatic carbocycles. The molecule has 1 heterocycles. The topological polar surface area (TPSA) is 27.1 Å². The van der Waals surface area contributed by atoms with Gasteiger partial charge in [0.25, 0.3) is 0 Å². The summed E-state index contributed by atoms with van der Waals surface area (Å²) in [6.07, 6.45) is 4.58. The molecule has 0 aliphatic heterocycles. The smallest absolute Gasteiger partial charge is 0.119 e. The Balaban J connectivity index is 1.87. The Bertz CT molecular complexity index is 462. The first kappa shape index (κ1) is 10.7. The average Bonchev–Trinajstić information content (AvgIpc) is 2.65. The lowest BCUT2D eigenvalue weighted by Gasteiger charge is -2.06. The van der Waals surface area contributed by atoms with Gasteiger partial charge in [0, 0.05) is 25.9 Å². The van der Waals surface area contributed by atoms with E-state index in [2.05, 4.69) is 18.0 Å². The van der Waals surface area contributed by atoms with Crippen LogP contribution in [0.3, 0.4) is 0 Å². The molecule has 0 fully saturated rings. The van der Waals surface area contributed by atoms with Gasteiger partial charge in [-0.3, -0.25) is 0 Å². The summed E-state index contributed by atoms with van der Waals surface area (Å²) < 4.78 is 7.68. The molecule has 0 radical (unpaired) electrons. The monoisotopic (exact) mass is 216 g/mol. The van der Waals surface area contributed by atoms with Gasteiger partial charge in [0.05, 0.1) is 6.61 Å². The minimum absolute atomic E-state index is 0.661. The van der Waals surface area contributed by atoms with E-state index in [1.807, 2.05) is 42.2 Å². The second-order valence-corrected chi connectivity index (χ2v) is 3.87. The zero-order chi connectivity index (χ0) is 11.4. The average molecular weight is 216 g/mol. The van der Waals surface area contributed by atoms with E-state index in [1.165, 1.54) is 5.56 Å². The Morgan fingerprint density at radius 2 is 2.25 bits per heavy atom. The molecular formula is C13H16N2O. The van der Waals surface area contributed by atoms with Gasteiger partial charge in [0.15, 0.2) is 0 Å². The zero-order valence-electron chi connectivity index (χ0n) is 9.68. The van der Waals surface area contributed by atoms with Crippen LogP contribution in [0.5, 0.6) is 5.75 Å². The SMILES string of the molecule is Cc1cccc(OCCc2nccn2C)c1. The summed E-state index contributed by atoms with van der Waals surface area (Å²) in [4.78, 5) is 4.25. The maximum absolute atomic E-state index is 5.66. The van der Waals surface area contributed by atoms with Crippen molar-refractivity contribution < 1.29 is 4.74 Å². The van der Waals surface area contributed by atoms with Crippen LogP contribution < -0.4 is 4.74 Å². The summed E-state index contributed by atoms with van der Waals surface area (Å²) in [5.41, 5.74) is 1.22. The predicted molar refractivity (Wildman–Crippen MR) is 63.6 cm³/mol. The van der Waals surface area contributed by atoms with Gasteiger partial charge < -0.3 is 9.30 Å². The summed E-state index contributed by atoms with van der Waals surface area (Å²) >= 11 is 0. The molecule has 0 saturated carbocycles. The van der Waals surface area contributed by atoms with Gasteiger partial charge in [0.1, 0.15) is 11.6 Å². The summed E-state index contributed by atoms with van der Waals surface area (Å²) in [5, 5.41) is 0. The van der Waals surface area contributed by atoms with Gasteiger partial charge in [-0.25, -0.2) is 4.98 Å². The second kappa shape index (κ2) is 4.84.